The van der Waals surface area contributed by atoms with E-state index in [0.29, 0.717) is 16.9 Å². The molecule has 1 aromatic carbocycles. The molecule has 7 nitrogen and oxygen atoms in total. The van der Waals surface area contributed by atoms with Crippen LogP contribution in [0.15, 0.2) is 28.8 Å². The monoisotopic (exact) mass is 390 g/mol. The van der Waals surface area contributed by atoms with Crippen LogP contribution in [0, 0.1) is 0 Å². The van der Waals surface area contributed by atoms with Crippen molar-refractivity contribution in [3.8, 4) is 11.4 Å². The lowest BCUT2D eigenvalue weighted by Crippen LogP contribution is -2.30. The zero-order chi connectivity index (χ0) is 17.9. The van der Waals surface area contributed by atoms with Crippen LogP contribution in [0.1, 0.15) is 19.2 Å². The van der Waals surface area contributed by atoms with Crippen LogP contribution in [0.5, 0.6) is 0 Å². The molecule has 0 radical (unpaired) electrons. The van der Waals surface area contributed by atoms with E-state index in [4.69, 9.17) is 16.1 Å². The van der Waals surface area contributed by atoms with Crippen LogP contribution < -0.4 is 9.80 Å². The third-order valence-corrected chi connectivity index (χ3v) is 5.36. The zero-order valence-electron chi connectivity index (χ0n) is 14.4. The molecule has 0 atom stereocenters. The van der Waals surface area contributed by atoms with Gasteiger partial charge in [0.25, 0.3) is 0 Å². The highest BCUT2D eigenvalue weighted by Gasteiger charge is 2.22. The van der Waals surface area contributed by atoms with Gasteiger partial charge in [-0.05, 0) is 18.6 Å². The van der Waals surface area contributed by atoms with Gasteiger partial charge in [-0.2, -0.15) is 9.36 Å². The normalized spacial score (nSPS) is 15.3. The van der Waals surface area contributed by atoms with Crippen molar-refractivity contribution in [2.75, 3.05) is 36.0 Å². The zero-order valence-corrected chi connectivity index (χ0v) is 16.0. The van der Waals surface area contributed by atoms with Crippen LogP contribution in [0.4, 0.5) is 11.1 Å². The minimum atomic E-state index is 0.549. The largest absolute Gasteiger partial charge is 0.345 e. The van der Waals surface area contributed by atoms with Crippen molar-refractivity contribution in [3.63, 3.8) is 0 Å². The van der Waals surface area contributed by atoms with Crippen LogP contribution >= 0.6 is 23.1 Å². The molecule has 26 heavy (non-hydrogen) atoms. The van der Waals surface area contributed by atoms with Gasteiger partial charge in [0.15, 0.2) is 0 Å². The number of hydrogen-bond donors (Lipinski definition) is 0. The second-order valence-corrected chi connectivity index (χ2v) is 7.25. The molecule has 3 aromatic rings. The van der Waals surface area contributed by atoms with Crippen molar-refractivity contribution in [1.82, 2.24) is 19.5 Å². The number of hydrogen-bond acceptors (Lipinski definition) is 8. The Kier molecular flexibility index (Phi) is 5.03. The van der Waals surface area contributed by atoms with Crippen LogP contribution in [0.2, 0.25) is 5.02 Å². The van der Waals surface area contributed by atoms with Crippen LogP contribution in [-0.2, 0) is 6.42 Å². The number of nitrogens with zero attached hydrogens (tertiary/aromatic N) is 6. The van der Waals surface area contributed by atoms with Crippen molar-refractivity contribution in [3.05, 3.63) is 35.1 Å². The molecule has 0 aliphatic carbocycles. The number of aryl methyl sites for hydroxylation is 1. The van der Waals surface area contributed by atoms with Crippen LogP contribution in [0.25, 0.3) is 11.4 Å². The maximum atomic E-state index is 6.05. The summed E-state index contributed by atoms with van der Waals surface area (Å²) in [6.45, 7) is 5.55. The van der Waals surface area contributed by atoms with Gasteiger partial charge in [0.1, 0.15) is 5.82 Å². The van der Waals surface area contributed by atoms with Gasteiger partial charge < -0.3 is 14.3 Å². The summed E-state index contributed by atoms with van der Waals surface area (Å²) in [4.78, 5) is 13.6. The molecular formula is C17H19ClN6OS. The van der Waals surface area contributed by atoms with Gasteiger partial charge in [-0.15, -0.1) is 0 Å². The summed E-state index contributed by atoms with van der Waals surface area (Å²) in [6.07, 6.45) is 1.86. The first-order valence-electron chi connectivity index (χ1n) is 8.65. The first-order chi connectivity index (χ1) is 12.7. The molecule has 0 saturated carbocycles. The first-order valence-corrected chi connectivity index (χ1v) is 9.80. The van der Waals surface area contributed by atoms with E-state index in [1.54, 1.807) is 0 Å². The van der Waals surface area contributed by atoms with Crippen molar-refractivity contribution >= 4 is 34.3 Å². The highest BCUT2D eigenvalue weighted by Crippen LogP contribution is 2.24. The molecule has 9 heteroatoms. The first kappa shape index (κ1) is 17.2. The van der Waals surface area contributed by atoms with Gasteiger partial charge >= 0.3 is 6.01 Å². The molecule has 0 N–H and O–H groups in total. The Morgan fingerprint density at radius 3 is 2.81 bits per heavy atom. The van der Waals surface area contributed by atoms with E-state index in [0.717, 1.165) is 55.5 Å². The summed E-state index contributed by atoms with van der Waals surface area (Å²) in [5.41, 5.74) is 0.852. The van der Waals surface area contributed by atoms with Gasteiger partial charge in [0.05, 0.1) is 0 Å². The second kappa shape index (κ2) is 7.59. The van der Waals surface area contributed by atoms with Crippen molar-refractivity contribution in [2.24, 2.45) is 0 Å². The minimum Gasteiger partial charge on any atom is -0.345 e. The van der Waals surface area contributed by atoms with E-state index < -0.39 is 0 Å². The molecule has 1 fully saturated rings. The molecule has 0 amide bonds. The van der Waals surface area contributed by atoms with Crippen molar-refractivity contribution in [1.29, 1.82) is 0 Å². The summed E-state index contributed by atoms with van der Waals surface area (Å²) in [5, 5.41) is 5.75. The average Bonchev–Trinajstić information content (AvgIpc) is 3.27. The Hall–Kier alpha value is -2.19. The number of aromatic nitrogens is 4. The average molecular weight is 391 g/mol. The Morgan fingerprint density at radius 2 is 2.00 bits per heavy atom. The maximum Gasteiger partial charge on any atom is 0.324 e. The SMILES string of the molecule is CCc1nsc(N2CCCN(c3nc(-c4cccc(Cl)c4)no3)CC2)n1. The summed E-state index contributed by atoms with van der Waals surface area (Å²) in [5.74, 6) is 1.47. The maximum absolute atomic E-state index is 6.05. The lowest BCUT2D eigenvalue weighted by molar-refractivity contribution is 0.415. The molecule has 0 spiro atoms. The number of rotatable bonds is 4. The molecule has 4 rings (SSSR count). The molecule has 1 saturated heterocycles. The van der Waals surface area contributed by atoms with E-state index >= 15 is 0 Å². The van der Waals surface area contributed by atoms with Crippen LogP contribution in [-0.4, -0.2) is 45.7 Å². The lowest BCUT2D eigenvalue weighted by atomic mass is 10.2. The molecular weight excluding hydrogens is 372 g/mol. The van der Waals surface area contributed by atoms with Gasteiger partial charge in [-0.1, -0.05) is 35.8 Å². The smallest absolute Gasteiger partial charge is 0.324 e. The van der Waals surface area contributed by atoms with Crippen molar-refractivity contribution < 1.29 is 4.52 Å². The van der Waals surface area contributed by atoms with Crippen molar-refractivity contribution in [2.45, 2.75) is 19.8 Å². The van der Waals surface area contributed by atoms with Gasteiger partial charge in [-0.25, -0.2) is 4.98 Å². The summed E-state index contributed by atoms with van der Waals surface area (Å²) in [7, 11) is 0. The molecule has 1 aliphatic rings. The Balaban J connectivity index is 1.46. The minimum absolute atomic E-state index is 0.549. The molecule has 0 unspecified atom stereocenters. The number of anilines is 2. The fourth-order valence-corrected chi connectivity index (χ4v) is 3.90. The fraction of sp³-hybridized carbons (Fsp3) is 0.412. The number of benzene rings is 1. The fourth-order valence-electron chi connectivity index (χ4n) is 2.91. The predicted octanol–water partition coefficient (Wildman–Crippen LogP) is 3.52. The molecule has 2 aromatic heterocycles. The molecule has 0 bridgehead atoms. The predicted molar refractivity (Wildman–Crippen MR) is 103 cm³/mol. The number of halogens is 1. The highest BCUT2D eigenvalue weighted by atomic mass is 35.5. The third-order valence-electron chi connectivity index (χ3n) is 4.31. The Bertz CT molecular complexity index is 882. The van der Waals surface area contributed by atoms with Gasteiger partial charge in [0.2, 0.25) is 11.0 Å². The van der Waals surface area contributed by atoms with E-state index in [-0.39, 0.29) is 0 Å². The highest BCUT2D eigenvalue weighted by molar-refractivity contribution is 7.09. The third kappa shape index (κ3) is 3.66. The standard InChI is InChI=1S/C17H19ClN6OS/c1-2-14-19-17(26-22-14)24-8-4-7-23(9-10-24)16-20-15(21-25-16)12-5-3-6-13(18)11-12/h3,5-6,11H,2,4,7-10H2,1H3. The summed E-state index contributed by atoms with van der Waals surface area (Å²) >= 11 is 7.52. The second-order valence-electron chi connectivity index (χ2n) is 6.09. The topological polar surface area (TPSA) is 71.2 Å². The van der Waals surface area contributed by atoms with Gasteiger partial charge in [-0.3, -0.25) is 0 Å². The van der Waals surface area contributed by atoms with Gasteiger partial charge in [0, 0.05) is 54.7 Å². The van der Waals surface area contributed by atoms with E-state index in [1.165, 1.54) is 11.5 Å². The Labute approximate surface area is 160 Å². The Morgan fingerprint density at radius 1 is 1.15 bits per heavy atom. The lowest BCUT2D eigenvalue weighted by Gasteiger charge is -2.19. The quantitative estimate of drug-likeness (QED) is 0.674. The van der Waals surface area contributed by atoms with Crippen LogP contribution in [0.3, 0.4) is 0 Å². The van der Waals surface area contributed by atoms with E-state index in [9.17, 15) is 0 Å². The van der Waals surface area contributed by atoms with E-state index in [2.05, 4.69) is 36.2 Å². The summed E-state index contributed by atoms with van der Waals surface area (Å²) < 4.78 is 9.88. The summed E-state index contributed by atoms with van der Waals surface area (Å²) in [6, 6.07) is 8.01. The molecule has 1 aliphatic heterocycles. The molecule has 3 heterocycles. The van der Waals surface area contributed by atoms with E-state index in [1.807, 2.05) is 24.3 Å². The molecule has 136 valence electrons.